The quantitative estimate of drug-likeness (QED) is 0.772. The van der Waals surface area contributed by atoms with Crippen LogP contribution < -0.4 is 11.1 Å². The molecule has 2 aromatic rings. The molecule has 1 amide bonds. The van der Waals surface area contributed by atoms with Crippen molar-refractivity contribution in [3.8, 4) is 0 Å². The lowest BCUT2D eigenvalue weighted by Gasteiger charge is -2.19. The third-order valence-electron chi connectivity index (χ3n) is 3.11. The van der Waals surface area contributed by atoms with Gasteiger partial charge in [0.05, 0.1) is 16.8 Å². The number of carbonyl (C=O) groups excluding carboxylic acids is 1. The van der Waals surface area contributed by atoms with Gasteiger partial charge in [-0.05, 0) is 44.1 Å². The Kier molecular flexibility index (Phi) is 5.52. The van der Waals surface area contributed by atoms with Gasteiger partial charge in [0.25, 0.3) is 0 Å². The third kappa shape index (κ3) is 4.41. The van der Waals surface area contributed by atoms with Crippen molar-refractivity contribution >= 4 is 38.3 Å². The average molecular weight is 306 g/mol. The highest BCUT2D eigenvalue weighted by molar-refractivity contribution is 7.22. The molecule has 2 rings (SSSR count). The number of amides is 1. The van der Waals surface area contributed by atoms with Gasteiger partial charge in [0.2, 0.25) is 5.91 Å². The minimum absolute atomic E-state index is 0.0103. The molecule has 21 heavy (non-hydrogen) atoms. The molecule has 1 aromatic carbocycles. The molecule has 0 atom stereocenters. The molecule has 3 N–H and O–H groups in total. The number of carbonyl (C=O) groups is 1. The summed E-state index contributed by atoms with van der Waals surface area (Å²) in [6.07, 6.45) is 2.10. The van der Waals surface area contributed by atoms with E-state index < -0.39 is 0 Å². The highest BCUT2D eigenvalue weighted by Gasteiger charge is 2.12. The second-order valence-electron chi connectivity index (χ2n) is 5.07. The number of rotatable bonds is 7. The van der Waals surface area contributed by atoms with E-state index in [0.717, 1.165) is 36.1 Å². The summed E-state index contributed by atoms with van der Waals surface area (Å²) in [6, 6.07) is 5.57. The van der Waals surface area contributed by atoms with Crippen molar-refractivity contribution in [3.63, 3.8) is 0 Å². The van der Waals surface area contributed by atoms with E-state index in [9.17, 15) is 4.79 Å². The highest BCUT2D eigenvalue weighted by atomic mass is 32.1. The van der Waals surface area contributed by atoms with Crippen LogP contribution in [-0.2, 0) is 4.79 Å². The first-order chi connectivity index (χ1) is 10.1. The van der Waals surface area contributed by atoms with Crippen LogP contribution in [0.5, 0.6) is 0 Å². The fourth-order valence-corrected chi connectivity index (χ4v) is 3.19. The van der Waals surface area contributed by atoms with Crippen molar-refractivity contribution in [2.24, 2.45) is 0 Å². The number of hydrogen-bond acceptors (Lipinski definition) is 5. The van der Waals surface area contributed by atoms with Crippen LogP contribution in [0.4, 0.5) is 10.8 Å². The molecule has 0 unspecified atom stereocenters. The molecule has 0 fully saturated rings. The van der Waals surface area contributed by atoms with Crippen LogP contribution in [0.2, 0.25) is 0 Å². The van der Waals surface area contributed by atoms with Crippen LogP contribution in [0, 0.1) is 0 Å². The molecule has 0 saturated carbocycles. The standard InChI is InChI=1S/C15H22N4OS/c1-3-7-19(8-4-2)10-14(20)18-15-17-12-6-5-11(16)9-13(12)21-15/h5-6,9H,3-4,7-8,10,16H2,1-2H3,(H,17,18,20). The molecule has 0 aliphatic rings. The molecule has 114 valence electrons. The van der Waals surface area contributed by atoms with Gasteiger partial charge in [0.1, 0.15) is 0 Å². The van der Waals surface area contributed by atoms with E-state index in [1.807, 2.05) is 18.2 Å². The number of nitrogens with zero attached hydrogens (tertiary/aromatic N) is 2. The third-order valence-corrected chi connectivity index (χ3v) is 4.04. The maximum atomic E-state index is 12.1. The van der Waals surface area contributed by atoms with E-state index in [2.05, 4.69) is 29.0 Å². The molecule has 0 saturated heterocycles. The topological polar surface area (TPSA) is 71.2 Å². The van der Waals surface area contributed by atoms with E-state index in [0.29, 0.717) is 17.4 Å². The Hall–Kier alpha value is -1.66. The minimum Gasteiger partial charge on any atom is -0.399 e. The zero-order chi connectivity index (χ0) is 15.2. The number of fused-ring (bicyclic) bond motifs is 1. The fourth-order valence-electron chi connectivity index (χ4n) is 2.26. The second kappa shape index (κ2) is 7.38. The van der Waals surface area contributed by atoms with Crippen LogP contribution in [0.15, 0.2) is 18.2 Å². The van der Waals surface area contributed by atoms with Gasteiger partial charge in [-0.1, -0.05) is 25.2 Å². The van der Waals surface area contributed by atoms with Gasteiger partial charge in [-0.15, -0.1) is 0 Å². The van der Waals surface area contributed by atoms with Gasteiger partial charge < -0.3 is 11.1 Å². The van der Waals surface area contributed by atoms with Crippen LogP contribution in [0.25, 0.3) is 10.2 Å². The highest BCUT2D eigenvalue weighted by Crippen LogP contribution is 2.27. The summed E-state index contributed by atoms with van der Waals surface area (Å²) in [5, 5.41) is 3.52. The number of anilines is 2. The molecule has 1 aromatic heterocycles. The number of nitrogens with two attached hydrogens (primary N) is 1. The number of nitrogens with one attached hydrogen (secondary N) is 1. The number of benzene rings is 1. The minimum atomic E-state index is -0.0103. The molecule has 1 heterocycles. The van der Waals surface area contributed by atoms with Gasteiger partial charge in [0.15, 0.2) is 5.13 Å². The lowest BCUT2D eigenvalue weighted by Crippen LogP contribution is -2.34. The number of hydrogen-bond donors (Lipinski definition) is 2. The predicted octanol–water partition coefficient (Wildman–Crippen LogP) is 2.94. The monoisotopic (exact) mass is 306 g/mol. The average Bonchev–Trinajstić information content (AvgIpc) is 2.80. The van der Waals surface area contributed by atoms with E-state index in [-0.39, 0.29) is 5.91 Å². The summed E-state index contributed by atoms with van der Waals surface area (Å²) in [6.45, 7) is 6.55. The molecule has 0 radical (unpaired) electrons. The lowest BCUT2D eigenvalue weighted by molar-refractivity contribution is -0.117. The smallest absolute Gasteiger partial charge is 0.240 e. The van der Waals surface area contributed by atoms with Gasteiger partial charge >= 0.3 is 0 Å². The summed E-state index contributed by atoms with van der Waals surface area (Å²) >= 11 is 1.45. The lowest BCUT2D eigenvalue weighted by atomic mass is 10.3. The maximum Gasteiger partial charge on any atom is 0.240 e. The summed E-state index contributed by atoms with van der Waals surface area (Å²) < 4.78 is 0.990. The van der Waals surface area contributed by atoms with Crippen molar-refractivity contribution < 1.29 is 4.79 Å². The van der Waals surface area contributed by atoms with Crippen molar-refractivity contribution in [1.29, 1.82) is 0 Å². The molecule has 0 aliphatic carbocycles. The van der Waals surface area contributed by atoms with Crippen molar-refractivity contribution in [1.82, 2.24) is 9.88 Å². The first kappa shape index (κ1) is 15.7. The van der Waals surface area contributed by atoms with Gasteiger partial charge in [-0.2, -0.15) is 0 Å². The predicted molar refractivity (Wildman–Crippen MR) is 89.7 cm³/mol. The van der Waals surface area contributed by atoms with E-state index in [1.165, 1.54) is 11.3 Å². The Morgan fingerprint density at radius 1 is 1.33 bits per heavy atom. The molecule has 0 bridgehead atoms. The molecule has 5 nitrogen and oxygen atoms in total. The Labute approximate surface area is 129 Å². The maximum absolute atomic E-state index is 12.1. The zero-order valence-corrected chi connectivity index (χ0v) is 13.4. The number of thiazole rings is 1. The van der Waals surface area contributed by atoms with E-state index in [1.54, 1.807) is 0 Å². The first-order valence-electron chi connectivity index (χ1n) is 7.30. The molecule has 0 aliphatic heterocycles. The molecular formula is C15H22N4OS. The summed E-state index contributed by atoms with van der Waals surface area (Å²) in [7, 11) is 0. The normalized spacial score (nSPS) is 11.2. The van der Waals surface area contributed by atoms with Gasteiger partial charge in [0, 0.05) is 5.69 Å². The molecular weight excluding hydrogens is 284 g/mol. The first-order valence-corrected chi connectivity index (χ1v) is 8.12. The van der Waals surface area contributed by atoms with E-state index in [4.69, 9.17) is 5.73 Å². The van der Waals surface area contributed by atoms with Crippen molar-refractivity contribution in [2.75, 3.05) is 30.7 Å². The fraction of sp³-hybridized carbons (Fsp3) is 0.467. The Bertz CT molecular complexity index is 605. The Balaban J connectivity index is 2.00. The van der Waals surface area contributed by atoms with Crippen LogP contribution in [-0.4, -0.2) is 35.4 Å². The zero-order valence-electron chi connectivity index (χ0n) is 12.6. The van der Waals surface area contributed by atoms with Crippen molar-refractivity contribution in [2.45, 2.75) is 26.7 Å². The SMILES string of the molecule is CCCN(CCC)CC(=O)Nc1nc2ccc(N)cc2s1. The van der Waals surface area contributed by atoms with Gasteiger partial charge in [-0.3, -0.25) is 9.69 Å². The summed E-state index contributed by atoms with van der Waals surface area (Å²) in [5.74, 6) is -0.0103. The molecule has 6 heteroatoms. The second-order valence-corrected chi connectivity index (χ2v) is 6.10. The van der Waals surface area contributed by atoms with Crippen LogP contribution >= 0.6 is 11.3 Å². The number of nitrogen functional groups attached to an aromatic ring is 1. The largest absolute Gasteiger partial charge is 0.399 e. The Morgan fingerprint density at radius 3 is 2.71 bits per heavy atom. The number of aromatic nitrogens is 1. The summed E-state index contributed by atoms with van der Waals surface area (Å²) in [4.78, 5) is 18.7. The van der Waals surface area contributed by atoms with Crippen molar-refractivity contribution in [3.05, 3.63) is 18.2 Å². The van der Waals surface area contributed by atoms with Crippen LogP contribution in [0.1, 0.15) is 26.7 Å². The summed E-state index contributed by atoms with van der Waals surface area (Å²) in [5.41, 5.74) is 7.33. The molecule has 0 spiro atoms. The van der Waals surface area contributed by atoms with Crippen LogP contribution in [0.3, 0.4) is 0 Å². The Morgan fingerprint density at radius 2 is 2.05 bits per heavy atom. The van der Waals surface area contributed by atoms with E-state index >= 15 is 0 Å². The van der Waals surface area contributed by atoms with Gasteiger partial charge in [-0.25, -0.2) is 4.98 Å².